The molecule has 1 aliphatic heterocycles. The third-order valence-electron chi connectivity index (χ3n) is 4.39. The Labute approximate surface area is 167 Å². The number of imide groups is 1. The van der Waals surface area contributed by atoms with Crippen LogP contribution in [0.4, 0.5) is 15.3 Å². The molecule has 0 atom stereocenters. The van der Waals surface area contributed by atoms with E-state index in [4.69, 9.17) is 9.47 Å². The van der Waals surface area contributed by atoms with Crippen LogP contribution in [-0.4, -0.2) is 47.8 Å². The van der Waals surface area contributed by atoms with Crippen LogP contribution in [0.25, 0.3) is 10.9 Å². The van der Waals surface area contributed by atoms with Crippen molar-refractivity contribution >= 4 is 40.6 Å². The van der Waals surface area contributed by atoms with Gasteiger partial charge in [-0.05, 0) is 38.5 Å². The van der Waals surface area contributed by atoms with Gasteiger partial charge >= 0.3 is 18.1 Å². The van der Waals surface area contributed by atoms with E-state index >= 15 is 0 Å². The first-order chi connectivity index (χ1) is 13.6. The number of anilines is 1. The van der Waals surface area contributed by atoms with Crippen molar-refractivity contribution in [2.24, 2.45) is 0 Å². The second kappa shape index (κ2) is 7.57. The van der Waals surface area contributed by atoms with Gasteiger partial charge in [0.25, 0.3) is 0 Å². The van der Waals surface area contributed by atoms with E-state index in [2.05, 4.69) is 5.32 Å². The van der Waals surface area contributed by atoms with E-state index in [-0.39, 0.29) is 25.3 Å². The molecule has 1 fully saturated rings. The normalized spacial score (nSPS) is 14.7. The number of esters is 1. The number of benzene rings is 1. The highest BCUT2D eigenvalue weighted by molar-refractivity contribution is 6.06. The second-order valence-electron chi connectivity index (χ2n) is 7.71. The lowest BCUT2D eigenvalue weighted by Crippen LogP contribution is -2.49. The maximum Gasteiger partial charge on any atom is 0.419 e. The number of aromatic nitrogens is 1. The minimum atomic E-state index is -0.707. The molecule has 0 aliphatic carbocycles. The molecule has 1 aromatic carbocycles. The SMILES string of the molecule is COC(=O)Cc1cn(C(=O)OC(C)(C)C)c2cc(N3CCC(=O)NC3=O)ccc12. The number of fused-ring (bicyclic) bond motifs is 1. The molecule has 3 amide bonds. The number of urea groups is 1. The summed E-state index contributed by atoms with van der Waals surface area (Å²) in [6, 6.07) is 4.58. The van der Waals surface area contributed by atoms with Gasteiger partial charge in [0.1, 0.15) is 5.60 Å². The Morgan fingerprint density at radius 3 is 2.55 bits per heavy atom. The second-order valence-corrected chi connectivity index (χ2v) is 7.71. The molecule has 2 heterocycles. The Hall–Kier alpha value is -3.36. The van der Waals surface area contributed by atoms with E-state index in [1.165, 1.54) is 16.6 Å². The lowest BCUT2D eigenvalue weighted by Gasteiger charge is -2.26. The highest BCUT2D eigenvalue weighted by Gasteiger charge is 2.26. The zero-order valence-corrected chi connectivity index (χ0v) is 16.8. The van der Waals surface area contributed by atoms with Crippen molar-refractivity contribution in [2.45, 2.75) is 39.2 Å². The fraction of sp³-hybridized carbons (Fsp3) is 0.400. The van der Waals surface area contributed by atoms with Crippen LogP contribution in [-0.2, 0) is 25.5 Å². The van der Waals surface area contributed by atoms with E-state index in [0.29, 0.717) is 22.2 Å². The first kappa shape index (κ1) is 20.4. The van der Waals surface area contributed by atoms with Crippen LogP contribution in [0.2, 0.25) is 0 Å². The van der Waals surface area contributed by atoms with Crippen molar-refractivity contribution in [1.82, 2.24) is 9.88 Å². The molecule has 1 N–H and O–H groups in total. The summed E-state index contributed by atoms with van der Waals surface area (Å²) in [6.07, 6.45) is 1.11. The summed E-state index contributed by atoms with van der Waals surface area (Å²) in [7, 11) is 1.30. The highest BCUT2D eigenvalue weighted by Crippen LogP contribution is 2.29. The molecule has 29 heavy (non-hydrogen) atoms. The minimum absolute atomic E-state index is 0.0130. The maximum atomic E-state index is 12.7. The van der Waals surface area contributed by atoms with Gasteiger partial charge in [0.15, 0.2) is 0 Å². The molecule has 0 bridgehead atoms. The van der Waals surface area contributed by atoms with Gasteiger partial charge in [-0.15, -0.1) is 0 Å². The first-order valence-electron chi connectivity index (χ1n) is 9.14. The molecule has 0 spiro atoms. The Morgan fingerprint density at radius 1 is 1.21 bits per heavy atom. The standard InChI is InChI=1S/C20H23N3O6/c1-20(2,3)29-19(27)23-11-12(9-17(25)28-4)14-6-5-13(10-15(14)23)22-8-7-16(24)21-18(22)26/h5-6,10-11H,7-9H2,1-4H3,(H,21,24,26). The number of carbonyl (C=O) groups excluding carboxylic acids is 4. The average molecular weight is 401 g/mol. The number of nitrogens with one attached hydrogen (secondary N) is 1. The lowest BCUT2D eigenvalue weighted by atomic mass is 10.1. The molecule has 2 aromatic rings. The summed E-state index contributed by atoms with van der Waals surface area (Å²) in [5, 5.41) is 2.94. The number of carbonyl (C=O) groups is 4. The third-order valence-corrected chi connectivity index (χ3v) is 4.39. The summed E-state index contributed by atoms with van der Waals surface area (Å²) in [6.45, 7) is 5.50. The largest absolute Gasteiger partial charge is 0.469 e. The Morgan fingerprint density at radius 2 is 1.93 bits per heavy atom. The van der Waals surface area contributed by atoms with Crippen LogP contribution in [0.3, 0.4) is 0 Å². The van der Waals surface area contributed by atoms with E-state index in [0.717, 1.165) is 0 Å². The topological polar surface area (TPSA) is 107 Å². The number of hydrogen-bond donors (Lipinski definition) is 1. The van der Waals surface area contributed by atoms with Gasteiger partial charge in [-0.2, -0.15) is 0 Å². The van der Waals surface area contributed by atoms with Gasteiger partial charge in [0, 0.05) is 30.2 Å². The zero-order chi connectivity index (χ0) is 21.3. The summed E-state index contributed by atoms with van der Waals surface area (Å²) in [4.78, 5) is 49.5. The molecule has 0 unspecified atom stereocenters. The van der Waals surface area contributed by atoms with Gasteiger partial charge in [-0.25, -0.2) is 9.59 Å². The van der Waals surface area contributed by atoms with E-state index in [9.17, 15) is 19.2 Å². The minimum Gasteiger partial charge on any atom is -0.469 e. The number of hydrogen-bond acceptors (Lipinski definition) is 6. The Balaban J connectivity index is 2.07. The van der Waals surface area contributed by atoms with Crippen molar-refractivity contribution < 1.29 is 28.7 Å². The smallest absolute Gasteiger partial charge is 0.419 e. The van der Waals surface area contributed by atoms with Crippen LogP contribution >= 0.6 is 0 Å². The van der Waals surface area contributed by atoms with Crippen molar-refractivity contribution in [2.75, 3.05) is 18.6 Å². The zero-order valence-electron chi connectivity index (χ0n) is 16.8. The lowest BCUT2D eigenvalue weighted by molar-refractivity contribution is -0.139. The molecule has 1 aliphatic rings. The number of methoxy groups -OCH3 is 1. The third kappa shape index (κ3) is 4.39. The van der Waals surface area contributed by atoms with Gasteiger partial charge in [0.2, 0.25) is 5.91 Å². The molecule has 1 saturated heterocycles. The van der Waals surface area contributed by atoms with Crippen molar-refractivity contribution in [1.29, 1.82) is 0 Å². The number of amides is 3. The molecule has 0 radical (unpaired) electrons. The van der Waals surface area contributed by atoms with Crippen LogP contribution < -0.4 is 10.2 Å². The summed E-state index contributed by atoms with van der Waals surface area (Å²) in [5.74, 6) is -0.768. The summed E-state index contributed by atoms with van der Waals surface area (Å²) in [5.41, 5.74) is 0.902. The average Bonchev–Trinajstić information content (AvgIpc) is 2.98. The molecular weight excluding hydrogens is 378 g/mol. The monoisotopic (exact) mass is 401 g/mol. The van der Waals surface area contributed by atoms with Crippen molar-refractivity contribution in [3.05, 3.63) is 30.0 Å². The molecule has 3 rings (SSSR count). The first-order valence-corrected chi connectivity index (χ1v) is 9.14. The predicted octanol–water partition coefficient (Wildman–Crippen LogP) is 2.59. The summed E-state index contributed by atoms with van der Waals surface area (Å²) >= 11 is 0. The van der Waals surface area contributed by atoms with Crippen LogP contribution in [0.15, 0.2) is 24.4 Å². The van der Waals surface area contributed by atoms with Crippen molar-refractivity contribution in [3.63, 3.8) is 0 Å². The van der Waals surface area contributed by atoms with Crippen LogP contribution in [0, 0.1) is 0 Å². The van der Waals surface area contributed by atoms with Crippen LogP contribution in [0.1, 0.15) is 32.8 Å². The molecule has 9 nitrogen and oxygen atoms in total. The molecule has 1 aromatic heterocycles. The number of ether oxygens (including phenoxy) is 2. The van der Waals surface area contributed by atoms with Gasteiger partial charge in [0.05, 0.1) is 19.0 Å². The Bertz CT molecular complexity index is 1000. The predicted molar refractivity (Wildman–Crippen MR) is 105 cm³/mol. The van der Waals surface area contributed by atoms with E-state index in [1.807, 2.05) is 0 Å². The van der Waals surface area contributed by atoms with Gasteiger partial charge < -0.3 is 9.47 Å². The summed E-state index contributed by atoms with van der Waals surface area (Å²) < 4.78 is 11.5. The Kier molecular flexibility index (Phi) is 5.32. The van der Waals surface area contributed by atoms with Gasteiger partial charge in [-0.3, -0.25) is 24.4 Å². The maximum absolute atomic E-state index is 12.7. The van der Waals surface area contributed by atoms with E-state index < -0.39 is 23.7 Å². The fourth-order valence-corrected chi connectivity index (χ4v) is 3.09. The quantitative estimate of drug-likeness (QED) is 0.792. The van der Waals surface area contributed by atoms with E-state index in [1.54, 1.807) is 45.2 Å². The van der Waals surface area contributed by atoms with Gasteiger partial charge in [-0.1, -0.05) is 6.07 Å². The molecular formula is C20H23N3O6. The number of nitrogens with zero attached hydrogens (tertiary/aromatic N) is 2. The molecule has 154 valence electrons. The molecule has 0 saturated carbocycles. The van der Waals surface area contributed by atoms with Crippen LogP contribution in [0.5, 0.6) is 0 Å². The highest BCUT2D eigenvalue weighted by atomic mass is 16.6. The number of rotatable bonds is 3. The van der Waals surface area contributed by atoms with Crippen molar-refractivity contribution in [3.8, 4) is 0 Å². The molecule has 9 heteroatoms. The fourth-order valence-electron chi connectivity index (χ4n) is 3.09.